The van der Waals surface area contributed by atoms with Gasteiger partial charge in [0.1, 0.15) is 17.6 Å². The number of aryl methyl sites for hydroxylation is 1. The van der Waals surface area contributed by atoms with Crippen LogP contribution in [0.2, 0.25) is 0 Å². The van der Waals surface area contributed by atoms with Crippen molar-refractivity contribution < 1.29 is 18.7 Å². The predicted octanol–water partition coefficient (Wildman–Crippen LogP) is 2.68. The zero-order chi connectivity index (χ0) is 19.1. The van der Waals surface area contributed by atoms with E-state index in [0.29, 0.717) is 11.3 Å². The van der Waals surface area contributed by atoms with E-state index in [9.17, 15) is 14.0 Å². The zero-order valence-electron chi connectivity index (χ0n) is 15.2. The normalized spacial score (nSPS) is 11.5. The number of benzene rings is 2. The second-order valence-electron chi connectivity index (χ2n) is 6.01. The number of hydrogen-bond donors (Lipinski definition) is 1. The maximum atomic E-state index is 14.0. The van der Waals surface area contributed by atoms with E-state index in [4.69, 9.17) is 4.74 Å². The number of ether oxygens (including phenoxy) is 1. The first-order chi connectivity index (χ1) is 12.4. The first-order valence-electron chi connectivity index (χ1n) is 8.36. The first kappa shape index (κ1) is 19.4. The molecule has 0 spiro atoms. The Kier molecular flexibility index (Phi) is 6.72. The lowest BCUT2D eigenvalue weighted by Gasteiger charge is -2.28. The highest BCUT2D eigenvalue weighted by molar-refractivity contribution is 5.87. The van der Waals surface area contributed by atoms with Crippen molar-refractivity contribution in [3.63, 3.8) is 0 Å². The van der Waals surface area contributed by atoms with Crippen molar-refractivity contribution in [3.05, 3.63) is 65.5 Å². The van der Waals surface area contributed by atoms with Crippen molar-refractivity contribution in [1.29, 1.82) is 0 Å². The second kappa shape index (κ2) is 8.99. The molecule has 1 N–H and O–H groups in total. The van der Waals surface area contributed by atoms with Crippen LogP contribution in [-0.4, -0.2) is 36.4 Å². The molecule has 2 aromatic rings. The fraction of sp³-hybridized carbons (Fsp3) is 0.300. The van der Waals surface area contributed by atoms with Gasteiger partial charge in [0.25, 0.3) is 5.91 Å². The van der Waals surface area contributed by atoms with Gasteiger partial charge >= 0.3 is 0 Å². The fourth-order valence-electron chi connectivity index (χ4n) is 2.53. The molecule has 1 unspecified atom stereocenters. The summed E-state index contributed by atoms with van der Waals surface area (Å²) in [6.45, 7) is 3.27. The monoisotopic (exact) mass is 358 g/mol. The number of hydrogen-bond acceptors (Lipinski definition) is 3. The van der Waals surface area contributed by atoms with Gasteiger partial charge in [0, 0.05) is 19.2 Å². The molecule has 0 aliphatic carbocycles. The van der Waals surface area contributed by atoms with Gasteiger partial charge in [0.2, 0.25) is 5.91 Å². The molecule has 2 rings (SSSR count). The molecule has 5 nitrogen and oxygen atoms in total. The molecule has 2 aromatic carbocycles. The number of carbonyl (C=O) groups excluding carboxylic acids is 2. The third kappa shape index (κ3) is 5.05. The van der Waals surface area contributed by atoms with Crippen molar-refractivity contribution in [1.82, 2.24) is 10.2 Å². The Labute approximate surface area is 152 Å². The minimum atomic E-state index is -0.756. The molecule has 0 radical (unpaired) electrons. The van der Waals surface area contributed by atoms with Gasteiger partial charge in [-0.1, -0.05) is 30.3 Å². The summed E-state index contributed by atoms with van der Waals surface area (Å²) in [5.41, 5.74) is 1.35. The van der Waals surface area contributed by atoms with Crippen molar-refractivity contribution in [2.75, 3.05) is 13.7 Å². The number of likely N-dealkylation sites (N-methyl/N-ethyl adjacent to an activating group) is 1. The molecule has 0 saturated heterocycles. The number of halogens is 1. The summed E-state index contributed by atoms with van der Waals surface area (Å²) in [6, 6.07) is 12.8. The van der Waals surface area contributed by atoms with E-state index < -0.39 is 17.8 Å². The summed E-state index contributed by atoms with van der Waals surface area (Å²) in [5.74, 6) is -0.582. The Morgan fingerprint density at radius 2 is 1.92 bits per heavy atom. The smallest absolute Gasteiger partial charge is 0.261 e. The molecule has 1 atom stereocenters. The Balaban J connectivity index is 2.15. The Morgan fingerprint density at radius 3 is 2.58 bits per heavy atom. The molecular formula is C20H23FN2O3. The van der Waals surface area contributed by atoms with Crippen LogP contribution in [0.25, 0.3) is 0 Å². The fourth-order valence-corrected chi connectivity index (χ4v) is 2.53. The van der Waals surface area contributed by atoms with Gasteiger partial charge in [-0.15, -0.1) is 0 Å². The Bertz CT molecular complexity index is 779. The number of rotatable bonds is 7. The van der Waals surface area contributed by atoms with Gasteiger partial charge < -0.3 is 15.0 Å². The lowest BCUT2D eigenvalue weighted by molar-refractivity contribution is -0.142. The van der Waals surface area contributed by atoms with Crippen molar-refractivity contribution >= 4 is 11.8 Å². The molecule has 138 valence electrons. The molecule has 0 heterocycles. The predicted molar refractivity (Wildman–Crippen MR) is 97.2 cm³/mol. The average Bonchev–Trinajstić information content (AvgIpc) is 2.64. The van der Waals surface area contributed by atoms with Gasteiger partial charge in [0.05, 0.1) is 0 Å². The quantitative estimate of drug-likeness (QED) is 0.828. The van der Waals surface area contributed by atoms with Crippen LogP contribution in [0.15, 0.2) is 48.5 Å². The van der Waals surface area contributed by atoms with Crippen molar-refractivity contribution in [2.24, 2.45) is 0 Å². The number of nitrogens with zero attached hydrogens (tertiary/aromatic N) is 1. The molecular weight excluding hydrogens is 335 g/mol. The van der Waals surface area contributed by atoms with Gasteiger partial charge in [-0.25, -0.2) is 4.39 Å². The van der Waals surface area contributed by atoms with Crippen LogP contribution in [0.1, 0.15) is 18.1 Å². The van der Waals surface area contributed by atoms with Gasteiger partial charge in [0.15, 0.2) is 6.61 Å². The number of amides is 2. The molecule has 0 bridgehead atoms. The molecule has 0 aliphatic heterocycles. The Morgan fingerprint density at radius 1 is 1.19 bits per heavy atom. The van der Waals surface area contributed by atoms with Crippen molar-refractivity contribution in [2.45, 2.75) is 26.4 Å². The minimum absolute atomic E-state index is 0.0166. The minimum Gasteiger partial charge on any atom is -0.484 e. The average molecular weight is 358 g/mol. The molecule has 6 heteroatoms. The van der Waals surface area contributed by atoms with Gasteiger partial charge in [-0.3, -0.25) is 9.59 Å². The Hall–Kier alpha value is -2.89. The topological polar surface area (TPSA) is 58.6 Å². The largest absolute Gasteiger partial charge is 0.484 e. The SMILES string of the molecule is CNC(=O)C(C)N(Cc1ccccc1F)C(=O)COc1cccc(C)c1. The van der Waals surface area contributed by atoms with Crippen LogP contribution in [0.4, 0.5) is 4.39 Å². The van der Waals surface area contributed by atoms with Crippen LogP contribution < -0.4 is 10.1 Å². The van der Waals surface area contributed by atoms with E-state index in [1.165, 1.54) is 18.0 Å². The molecule has 0 aromatic heterocycles. The second-order valence-corrected chi connectivity index (χ2v) is 6.01. The highest BCUT2D eigenvalue weighted by atomic mass is 19.1. The first-order valence-corrected chi connectivity index (χ1v) is 8.36. The van der Waals surface area contributed by atoms with Crippen LogP contribution in [0.5, 0.6) is 5.75 Å². The van der Waals surface area contributed by atoms with Crippen LogP contribution in [0, 0.1) is 12.7 Å². The maximum Gasteiger partial charge on any atom is 0.261 e. The number of nitrogens with one attached hydrogen (secondary N) is 1. The van der Waals surface area contributed by atoms with Crippen molar-refractivity contribution in [3.8, 4) is 5.75 Å². The third-order valence-corrected chi connectivity index (χ3v) is 4.06. The van der Waals surface area contributed by atoms with E-state index in [2.05, 4.69) is 5.32 Å². The highest BCUT2D eigenvalue weighted by Gasteiger charge is 2.26. The molecule has 0 fully saturated rings. The lowest BCUT2D eigenvalue weighted by Crippen LogP contribution is -2.48. The van der Waals surface area contributed by atoms with E-state index in [1.54, 1.807) is 31.2 Å². The molecule has 2 amide bonds. The summed E-state index contributed by atoms with van der Waals surface area (Å²) < 4.78 is 19.5. The number of carbonyl (C=O) groups is 2. The zero-order valence-corrected chi connectivity index (χ0v) is 15.2. The van der Waals surface area contributed by atoms with E-state index >= 15 is 0 Å². The van der Waals surface area contributed by atoms with E-state index in [-0.39, 0.29) is 19.1 Å². The van der Waals surface area contributed by atoms with E-state index in [1.807, 2.05) is 25.1 Å². The molecule has 0 aliphatic rings. The summed E-state index contributed by atoms with van der Waals surface area (Å²) in [6.07, 6.45) is 0. The third-order valence-electron chi connectivity index (χ3n) is 4.06. The molecule has 26 heavy (non-hydrogen) atoms. The van der Waals surface area contributed by atoms with Crippen LogP contribution >= 0.6 is 0 Å². The maximum absolute atomic E-state index is 14.0. The van der Waals surface area contributed by atoms with Gasteiger partial charge in [-0.2, -0.15) is 0 Å². The summed E-state index contributed by atoms with van der Waals surface area (Å²) in [5, 5.41) is 2.51. The standard InChI is InChI=1S/C20H23FN2O3/c1-14-7-6-9-17(11-14)26-13-19(24)23(15(2)20(25)22-3)12-16-8-4-5-10-18(16)21/h4-11,15H,12-13H2,1-3H3,(H,22,25). The summed E-state index contributed by atoms with van der Waals surface area (Å²) in [7, 11) is 1.49. The van der Waals surface area contributed by atoms with Crippen LogP contribution in [0.3, 0.4) is 0 Å². The van der Waals surface area contributed by atoms with Crippen LogP contribution in [-0.2, 0) is 16.1 Å². The van der Waals surface area contributed by atoms with Gasteiger partial charge in [-0.05, 0) is 37.6 Å². The van der Waals surface area contributed by atoms with E-state index in [0.717, 1.165) is 5.56 Å². The summed E-state index contributed by atoms with van der Waals surface area (Å²) in [4.78, 5) is 26.0. The lowest BCUT2D eigenvalue weighted by atomic mass is 10.1. The highest BCUT2D eigenvalue weighted by Crippen LogP contribution is 2.15. The summed E-state index contributed by atoms with van der Waals surface area (Å²) >= 11 is 0. The molecule has 0 saturated carbocycles.